The molecule has 0 amide bonds. The first-order chi connectivity index (χ1) is 9.10. The summed E-state index contributed by atoms with van der Waals surface area (Å²) in [6, 6.07) is 12.9. The number of aromatic nitrogens is 1. The molecule has 3 nitrogen and oxygen atoms in total. The van der Waals surface area contributed by atoms with E-state index in [9.17, 15) is 0 Å². The highest BCUT2D eigenvalue weighted by atomic mass is 35.5. The number of pyridine rings is 1. The lowest BCUT2D eigenvalue weighted by molar-refractivity contribution is 0.454. The van der Waals surface area contributed by atoms with Crippen molar-refractivity contribution in [1.29, 1.82) is 5.26 Å². The van der Waals surface area contributed by atoms with Crippen LogP contribution < -0.4 is 4.74 Å². The Bertz CT molecular complexity index is 632. The number of rotatable bonds is 3. The highest BCUT2D eigenvalue weighted by Gasteiger charge is 2.09. The van der Waals surface area contributed by atoms with Crippen molar-refractivity contribution < 1.29 is 4.74 Å². The predicted octanol–water partition coefficient (Wildman–Crippen LogP) is 4.52. The second-order valence-electron chi connectivity index (χ2n) is 4.42. The Hall–Kier alpha value is -2.05. The van der Waals surface area contributed by atoms with Crippen LogP contribution >= 0.6 is 11.6 Å². The average molecular weight is 273 g/mol. The molecule has 1 aromatic carbocycles. The van der Waals surface area contributed by atoms with Crippen LogP contribution in [0.2, 0.25) is 5.15 Å². The summed E-state index contributed by atoms with van der Waals surface area (Å²) in [5.41, 5.74) is 1.51. The average Bonchev–Trinajstić information content (AvgIpc) is 2.38. The van der Waals surface area contributed by atoms with Crippen LogP contribution in [0.5, 0.6) is 11.6 Å². The number of hydrogen-bond acceptors (Lipinski definition) is 3. The third kappa shape index (κ3) is 3.24. The molecule has 2 aromatic rings. The lowest BCUT2D eigenvalue weighted by Gasteiger charge is -2.13. The van der Waals surface area contributed by atoms with Crippen molar-refractivity contribution in [2.75, 3.05) is 0 Å². The largest absolute Gasteiger partial charge is 0.439 e. The van der Waals surface area contributed by atoms with Crippen molar-refractivity contribution in [1.82, 2.24) is 4.98 Å². The number of benzene rings is 1. The standard InChI is InChI=1S/C15H13ClN2O/c1-10(2)12-5-3-4-6-13(12)19-15-8-11(9-17)7-14(16)18-15/h3-8,10H,1-2H3. The van der Waals surface area contributed by atoms with Crippen LogP contribution in [-0.4, -0.2) is 4.98 Å². The first kappa shape index (κ1) is 13.4. The van der Waals surface area contributed by atoms with Gasteiger partial charge in [0.2, 0.25) is 5.88 Å². The van der Waals surface area contributed by atoms with E-state index in [1.54, 1.807) is 6.07 Å². The topological polar surface area (TPSA) is 45.9 Å². The number of nitrogens with zero attached hydrogens (tertiary/aromatic N) is 2. The van der Waals surface area contributed by atoms with Gasteiger partial charge in [-0.1, -0.05) is 43.6 Å². The summed E-state index contributed by atoms with van der Waals surface area (Å²) >= 11 is 5.86. The van der Waals surface area contributed by atoms with Crippen molar-refractivity contribution in [3.63, 3.8) is 0 Å². The molecule has 0 aliphatic rings. The van der Waals surface area contributed by atoms with Crippen LogP contribution in [0.1, 0.15) is 30.9 Å². The van der Waals surface area contributed by atoms with Crippen LogP contribution in [0, 0.1) is 11.3 Å². The maximum atomic E-state index is 8.90. The number of nitriles is 1. The summed E-state index contributed by atoms with van der Waals surface area (Å²) in [4.78, 5) is 4.07. The van der Waals surface area contributed by atoms with Crippen LogP contribution in [0.25, 0.3) is 0 Å². The van der Waals surface area contributed by atoms with Gasteiger partial charge in [-0.25, -0.2) is 4.98 Å². The minimum Gasteiger partial charge on any atom is -0.439 e. The van der Waals surface area contributed by atoms with E-state index >= 15 is 0 Å². The molecule has 4 heteroatoms. The van der Waals surface area contributed by atoms with E-state index in [1.165, 1.54) is 6.07 Å². The molecule has 0 unspecified atom stereocenters. The Morgan fingerprint density at radius 3 is 2.68 bits per heavy atom. The fourth-order valence-corrected chi connectivity index (χ4v) is 1.95. The van der Waals surface area contributed by atoms with Crippen LogP contribution in [0.3, 0.4) is 0 Å². The molecule has 0 spiro atoms. The Morgan fingerprint density at radius 2 is 2.00 bits per heavy atom. The van der Waals surface area contributed by atoms with Crippen molar-refractivity contribution in [3.8, 4) is 17.7 Å². The smallest absolute Gasteiger partial charge is 0.221 e. The van der Waals surface area contributed by atoms with E-state index in [4.69, 9.17) is 21.6 Å². The van der Waals surface area contributed by atoms with Gasteiger partial charge in [-0.2, -0.15) is 5.26 Å². The Kier molecular flexibility index (Phi) is 4.03. The molecule has 0 radical (unpaired) electrons. The summed E-state index contributed by atoms with van der Waals surface area (Å²) < 4.78 is 5.75. The molecule has 0 saturated carbocycles. The first-order valence-corrected chi connectivity index (χ1v) is 6.32. The number of halogens is 1. The first-order valence-electron chi connectivity index (χ1n) is 5.94. The van der Waals surface area contributed by atoms with Crippen molar-refractivity contribution >= 4 is 11.6 Å². The van der Waals surface area contributed by atoms with Gasteiger partial charge in [-0.15, -0.1) is 0 Å². The number of para-hydroxylation sites is 1. The maximum Gasteiger partial charge on any atom is 0.221 e. The summed E-state index contributed by atoms with van der Waals surface area (Å²) in [5, 5.41) is 9.15. The Balaban J connectivity index is 2.37. The lowest BCUT2D eigenvalue weighted by atomic mass is 10.0. The molecular formula is C15H13ClN2O. The Labute approximate surface area is 117 Å². The predicted molar refractivity (Wildman–Crippen MR) is 74.6 cm³/mol. The summed E-state index contributed by atoms with van der Waals surface area (Å²) in [6.07, 6.45) is 0. The van der Waals surface area contributed by atoms with Crippen LogP contribution in [-0.2, 0) is 0 Å². The molecule has 0 N–H and O–H groups in total. The van der Waals surface area contributed by atoms with Crippen LogP contribution in [0.4, 0.5) is 0 Å². The molecule has 0 aliphatic heterocycles. The zero-order valence-electron chi connectivity index (χ0n) is 10.7. The third-order valence-corrected chi connectivity index (χ3v) is 2.85. The van der Waals surface area contributed by atoms with Gasteiger partial charge < -0.3 is 4.74 Å². The zero-order chi connectivity index (χ0) is 13.8. The monoisotopic (exact) mass is 272 g/mol. The van der Waals surface area contributed by atoms with Crippen molar-refractivity contribution in [2.45, 2.75) is 19.8 Å². The molecule has 96 valence electrons. The maximum absolute atomic E-state index is 8.90. The van der Waals surface area contributed by atoms with Gasteiger partial charge >= 0.3 is 0 Å². The molecule has 0 atom stereocenters. The highest BCUT2D eigenvalue weighted by Crippen LogP contribution is 2.30. The van der Waals surface area contributed by atoms with E-state index < -0.39 is 0 Å². The molecule has 0 bridgehead atoms. The second kappa shape index (κ2) is 5.73. The number of ether oxygens (including phenoxy) is 1. The Morgan fingerprint density at radius 1 is 1.26 bits per heavy atom. The third-order valence-electron chi connectivity index (χ3n) is 2.66. The van der Waals surface area contributed by atoms with Crippen LogP contribution in [0.15, 0.2) is 36.4 Å². The van der Waals surface area contributed by atoms with Gasteiger partial charge in [0.25, 0.3) is 0 Å². The van der Waals surface area contributed by atoms with E-state index in [0.29, 0.717) is 17.4 Å². The van der Waals surface area contributed by atoms with Gasteiger partial charge in [-0.05, 0) is 23.6 Å². The second-order valence-corrected chi connectivity index (χ2v) is 4.81. The SMILES string of the molecule is CC(C)c1ccccc1Oc1cc(C#N)cc(Cl)n1. The highest BCUT2D eigenvalue weighted by molar-refractivity contribution is 6.29. The number of hydrogen-bond donors (Lipinski definition) is 0. The van der Waals surface area contributed by atoms with E-state index in [1.807, 2.05) is 30.3 Å². The molecule has 2 rings (SSSR count). The molecule has 0 saturated heterocycles. The summed E-state index contributed by atoms with van der Waals surface area (Å²) in [6.45, 7) is 4.18. The molecule has 1 aromatic heterocycles. The summed E-state index contributed by atoms with van der Waals surface area (Å²) in [5.74, 6) is 1.40. The fraction of sp³-hybridized carbons (Fsp3) is 0.200. The van der Waals surface area contributed by atoms with Crippen molar-refractivity contribution in [3.05, 3.63) is 52.7 Å². The van der Waals surface area contributed by atoms with E-state index in [2.05, 4.69) is 18.8 Å². The molecule has 0 aliphatic carbocycles. The molecule has 1 heterocycles. The minimum atomic E-state index is 0.246. The van der Waals surface area contributed by atoms with Crippen molar-refractivity contribution in [2.24, 2.45) is 0 Å². The minimum absolute atomic E-state index is 0.246. The van der Waals surface area contributed by atoms with E-state index in [-0.39, 0.29) is 5.15 Å². The molecular weight excluding hydrogens is 260 g/mol. The normalized spacial score (nSPS) is 10.3. The van der Waals surface area contributed by atoms with E-state index in [0.717, 1.165) is 11.3 Å². The lowest BCUT2D eigenvalue weighted by Crippen LogP contribution is -1.95. The zero-order valence-corrected chi connectivity index (χ0v) is 11.5. The van der Waals surface area contributed by atoms with Gasteiger partial charge in [0.05, 0.1) is 11.6 Å². The van der Waals surface area contributed by atoms with Gasteiger partial charge in [0.1, 0.15) is 10.9 Å². The van der Waals surface area contributed by atoms with Gasteiger partial charge in [-0.3, -0.25) is 0 Å². The molecule has 0 fully saturated rings. The van der Waals surface area contributed by atoms with Gasteiger partial charge in [0, 0.05) is 6.07 Å². The summed E-state index contributed by atoms with van der Waals surface area (Å²) in [7, 11) is 0. The molecule has 19 heavy (non-hydrogen) atoms. The fourth-order valence-electron chi connectivity index (χ4n) is 1.75. The van der Waals surface area contributed by atoms with Gasteiger partial charge in [0.15, 0.2) is 0 Å². The quantitative estimate of drug-likeness (QED) is 0.772.